The first kappa shape index (κ1) is 15.1. The molecule has 0 radical (unpaired) electrons. The fraction of sp³-hybridized carbons (Fsp3) is 0.500. The van der Waals surface area contributed by atoms with Crippen LogP contribution in [0, 0.1) is 0 Å². The molecule has 3 nitrogen and oxygen atoms in total. The summed E-state index contributed by atoms with van der Waals surface area (Å²) in [6, 6.07) is 9.76. The highest BCUT2D eigenvalue weighted by molar-refractivity contribution is 8.00. The normalized spacial score (nSPS) is 11.3. The standard InChI is InChI=1S/C14H22N2OS/c1-4-16(12-8-6-5-7-9-12)13(17)10-18-11-14(2,3)15/h5-9H,4,10-11,15H2,1-3H3. The average molecular weight is 266 g/mol. The number of carbonyl (C=O) groups excluding carboxylic acids is 1. The van der Waals surface area contributed by atoms with Gasteiger partial charge in [0.05, 0.1) is 5.75 Å². The number of nitrogens with two attached hydrogens (primary N) is 1. The fourth-order valence-electron chi connectivity index (χ4n) is 1.59. The first-order chi connectivity index (χ1) is 8.44. The van der Waals surface area contributed by atoms with E-state index in [0.29, 0.717) is 12.3 Å². The SMILES string of the molecule is CCN(C(=O)CSCC(C)(C)N)c1ccccc1. The Morgan fingerprint density at radius 3 is 2.44 bits per heavy atom. The molecule has 0 spiro atoms. The molecule has 2 N–H and O–H groups in total. The molecule has 4 heteroatoms. The van der Waals surface area contributed by atoms with Gasteiger partial charge in [0.15, 0.2) is 0 Å². The van der Waals surface area contributed by atoms with Crippen LogP contribution in [0.25, 0.3) is 0 Å². The smallest absolute Gasteiger partial charge is 0.236 e. The van der Waals surface area contributed by atoms with Crippen molar-refractivity contribution < 1.29 is 4.79 Å². The van der Waals surface area contributed by atoms with E-state index < -0.39 is 0 Å². The average Bonchev–Trinajstić information content (AvgIpc) is 2.29. The molecule has 0 atom stereocenters. The summed E-state index contributed by atoms with van der Waals surface area (Å²) in [5.41, 5.74) is 6.62. The maximum Gasteiger partial charge on any atom is 0.236 e. The molecule has 1 rings (SSSR count). The lowest BCUT2D eigenvalue weighted by atomic mass is 10.1. The molecule has 18 heavy (non-hydrogen) atoms. The van der Waals surface area contributed by atoms with Gasteiger partial charge in [-0.15, -0.1) is 0 Å². The van der Waals surface area contributed by atoms with E-state index >= 15 is 0 Å². The van der Waals surface area contributed by atoms with Crippen LogP contribution in [-0.2, 0) is 4.79 Å². The van der Waals surface area contributed by atoms with Gasteiger partial charge in [0.1, 0.15) is 0 Å². The number of hydrogen-bond donors (Lipinski definition) is 1. The predicted molar refractivity (Wildman–Crippen MR) is 80.1 cm³/mol. The third-order valence-corrected chi connectivity index (χ3v) is 3.78. The highest BCUT2D eigenvalue weighted by Gasteiger charge is 2.16. The molecule has 0 aliphatic heterocycles. The molecule has 0 saturated heterocycles. The summed E-state index contributed by atoms with van der Waals surface area (Å²) >= 11 is 1.59. The molecule has 0 heterocycles. The van der Waals surface area contributed by atoms with Gasteiger partial charge < -0.3 is 10.6 Å². The van der Waals surface area contributed by atoms with E-state index in [0.717, 1.165) is 11.4 Å². The Labute approximate surface area is 114 Å². The molecule has 1 aromatic carbocycles. The summed E-state index contributed by atoms with van der Waals surface area (Å²) in [6.07, 6.45) is 0. The van der Waals surface area contributed by atoms with E-state index in [1.807, 2.05) is 51.1 Å². The Kier molecular flexibility index (Phi) is 5.69. The number of thioether (sulfide) groups is 1. The highest BCUT2D eigenvalue weighted by atomic mass is 32.2. The van der Waals surface area contributed by atoms with Crippen molar-refractivity contribution in [1.29, 1.82) is 0 Å². The number of rotatable bonds is 6. The van der Waals surface area contributed by atoms with E-state index in [2.05, 4.69) is 0 Å². The van der Waals surface area contributed by atoms with E-state index in [-0.39, 0.29) is 11.4 Å². The molecule has 0 aliphatic carbocycles. The van der Waals surface area contributed by atoms with Crippen molar-refractivity contribution in [2.24, 2.45) is 5.73 Å². The molecule has 0 bridgehead atoms. The Morgan fingerprint density at radius 2 is 1.94 bits per heavy atom. The van der Waals surface area contributed by atoms with Gasteiger partial charge >= 0.3 is 0 Å². The molecule has 0 saturated carbocycles. The minimum Gasteiger partial charge on any atom is -0.325 e. The molecule has 0 unspecified atom stereocenters. The highest BCUT2D eigenvalue weighted by Crippen LogP contribution is 2.16. The van der Waals surface area contributed by atoms with Crippen molar-refractivity contribution in [3.05, 3.63) is 30.3 Å². The van der Waals surface area contributed by atoms with Gasteiger partial charge in [-0.25, -0.2) is 0 Å². The summed E-state index contributed by atoms with van der Waals surface area (Å²) in [4.78, 5) is 13.9. The molecule has 100 valence electrons. The second-order valence-corrected chi connectivity index (χ2v) is 5.94. The minimum absolute atomic E-state index is 0.137. The number of nitrogens with zero attached hydrogens (tertiary/aromatic N) is 1. The zero-order valence-electron chi connectivity index (χ0n) is 11.3. The van der Waals surface area contributed by atoms with Gasteiger partial charge in [-0.1, -0.05) is 18.2 Å². The van der Waals surface area contributed by atoms with Crippen LogP contribution in [0.1, 0.15) is 20.8 Å². The van der Waals surface area contributed by atoms with E-state index in [9.17, 15) is 4.79 Å². The fourth-order valence-corrected chi connectivity index (χ4v) is 2.55. The van der Waals surface area contributed by atoms with Crippen molar-refractivity contribution in [3.63, 3.8) is 0 Å². The summed E-state index contributed by atoms with van der Waals surface area (Å²) in [5, 5.41) is 0. The van der Waals surface area contributed by atoms with Crippen LogP contribution in [0.3, 0.4) is 0 Å². The Bertz CT molecular complexity index is 373. The van der Waals surface area contributed by atoms with E-state index in [1.165, 1.54) is 0 Å². The van der Waals surface area contributed by atoms with Crippen LogP contribution < -0.4 is 10.6 Å². The molecule has 1 amide bonds. The maximum atomic E-state index is 12.1. The summed E-state index contributed by atoms with van der Waals surface area (Å²) in [7, 11) is 0. The summed E-state index contributed by atoms with van der Waals surface area (Å²) in [5.74, 6) is 1.40. The molecule has 0 fully saturated rings. The van der Waals surface area contributed by atoms with Gasteiger partial charge in [0.25, 0.3) is 0 Å². The number of hydrogen-bond acceptors (Lipinski definition) is 3. The van der Waals surface area contributed by atoms with Crippen LogP contribution >= 0.6 is 11.8 Å². The van der Waals surface area contributed by atoms with E-state index in [1.54, 1.807) is 16.7 Å². The Hall–Kier alpha value is -1.00. The molecule has 1 aromatic rings. The lowest BCUT2D eigenvalue weighted by Crippen LogP contribution is -2.36. The number of para-hydroxylation sites is 1. The number of amides is 1. The second kappa shape index (κ2) is 6.81. The van der Waals surface area contributed by atoms with Crippen LogP contribution in [-0.4, -0.2) is 29.5 Å². The number of anilines is 1. The predicted octanol–water partition coefficient (Wildman–Crippen LogP) is 2.51. The maximum absolute atomic E-state index is 12.1. The monoisotopic (exact) mass is 266 g/mol. The van der Waals surface area contributed by atoms with Crippen molar-refractivity contribution in [2.45, 2.75) is 26.3 Å². The first-order valence-corrected chi connectivity index (χ1v) is 7.31. The number of benzene rings is 1. The second-order valence-electron chi connectivity index (χ2n) is 4.95. The van der Waals surface area contributed by atoms with E-state index in [4.69, 9.17) is 5.73 Å². The van der Waals surface area contributed by atoms with Gasteiger partial charge in [-0.05, 0) is 32.9 Å². The Morgan fingerprint density at radius 1 is 1.33 bits per heavy atom. The van der Waals surface area contributed by atoms with Gasteiger partial charge in [-0.3, -0.25) is 4.79 Å². The van der Waals surface area contributed by atoms with Crippen molar-refractivity contribution in [3.8, 4) is 0 Å². The molecule has 0 aliphatic rings. The lowest BCUT2D eigenvalue weighted by Gasteiger charge is -2.22. The third kappa shape index (κ3) is 5.10. The topological polar surface area (TPSA) is 46.3 Å². The zero-order chi connectivity index (χ0) is 13.6. The third-order valence-electron chi connectivity index (χ3n) is 2.38. The van der Waals surface area contributed by atoms with Gasteiger partial charge in [-0.2, -0.15) is 11.8 Å². The van der Waals surface area contributed by atoms with Crippen LogP contribution in [0.4, 0.5) is 5.69 Å². The van der Waals surface area contributed by atoms with Crippen molar-refractivity contribution in [1.82, 2.24) is 0 Å². The Balaban J connectivity index is 2.54. The van der Waals surface area contributed by atoms with Crippen LogP contribution in [0.5, 0.6) is 0 Å². The summed E-state index contributed by atoms with van der Waals surface area (Å²) < 4.78 is 0. The van der Waals surface area contributed by atoms with Crippen molar-refractivity contribution in [2.75, 3.05) is 23.0 Å². The van der Waals surface area contributed by atoms with Gasteiger partial charge in [0, 0.05) is 23.5 Å². The van der Waals surface area contributed by atoms with Crippen LogP contribution in [0.2, 0.25) is 0 Å². The number of carbonyl (C=O) groups is 1. The van der Waals surface area contributed by atoms with Crippen molar-refractivity contribution >= 4 is 23.4 Å². The quantitative estimate of drug-likeness (QED) is 0.860. The minimum atomic E-state index is -0.227. The summed E-state index contributed by atoms with van der Waals surface area (Å²) in [6.45, 7) is 6.62. The lowest BCUT2D eigenvalue weighted by molar-refractivity contribution is -0.116. The molecular formula is C14H22N2OS. The zero-order valence-corrected chi connectivity index (χ0v) is 12.2. The largest absolute Gasteiger partial charge is 0.325 e. The molecular weight excluding hydrogens is 244 g/mol. The first-order valence-electron chi connectivity index (χ1n) is 6.16. The van der Waals surface area contributed by atoms with Gasteiger partial charge in [0.2, 0.25) is 5.91 Å². The molecule has 0 aromatic heterocycles. The van der Waals surface area contributed by atoms with Crippen LogP contribution in [0.15, 0.2) is 30.3 Å².